The van der Waals surface area contributed by atoms with Gasteiger partial charge in [-0.05, 0) is 50.1 Å². The second-order valence-corrected chi connectivity index (χ2v) is 8.04. The van der Waals surface area contributed by atoms with Crippen molar-refractivity contribution in [2.24, 2.45) is 5.92 Å². The SMILES string of the molecule is Cc1ccc(-c2ccnc(Nc3ccc(C(=O)C(C)CCCn4ccnc4)cc3)n2)cc1. The molecule has 1 unspecified atom stereocenters. The lowest BCUT2D eigenvalue weighted by atomic mass is 9.95. The van der Waals surface area contributed by atoms with E-state index in [1.165, 1.54) is 5.56 Å². The number of anilines is 2. The fourth-order valence-corrected chi connectivity index (χ4v) is 3.57. The molecule has 0 saturated carbocycles. The van der Waals surface area contributed by atoms with Gasteiger partial charge in [-0.1, -0.05) is 36.8 Å². The van der Waals surface area contributed by atoms with E-state index in [0.717, 1.165) is 41.9 Å². The van der Waals surface area contributed by atoms with Crippen molar-refractivity contribution in [2.75, 3.05) is 5.32 Å². The van der Waals surface area contributed by atoms with Gasteiger partial charge in [-0.2, -0.15) is 0 Å². The van der Waals surface area contributed by atoms with Crippen molar-refractivity contribution in [2.45, 2.75) is 33.2 Å². The summed E-state index contributed by atoms with van der Waals surface area (Å²) in [7, 11) is 0. The predicted molar refractivity (Wildman–Crippen MR) is 127 cm³/mol. The summed E-state index contributed by atoms with van der Waals surface area (Å²) in [4.78, 5) is 25.7. The summed E-state index contributed by atoms with van der Waals surface area (Å²) in [5, 5.41) is 3.23. The number of aromatic nitrogens is 4. The van der Waals surface area contributed by atoms with Gasteiger partial charge in [-0.15, -0.1) is 0 Å². The molecule has 1 atom stereocenters. The Bertz CT molecular complexity index is 1150. The van der Waals surface area contributed by atoms with Crippen molar-refractivity contribution in [3.05, 3.63) is 90.6 Å². The van der Waals surface area contributed by atoms with E-state index in [1.54, 1.807) is 18.7 Å². The minimum atomic E-state index is -0.0214. The number of nitrogens with zero attached hydrogens (tertiary/aromatic N) is 4. The molecule has 0 spiro atoms. The van der Waals surface area contributed by atoms with Crippen molar-refractivity contribution in [1.82, 2.24) is 19.5 Å². The van der Waals surface area contributed by atoms with Gasteiger partial charge in [0.1, 0.15) is 0 Å². The molecule has 0 radical (unpaired) electrons. The number of nitrogens with one attached hydrogen (secondary N) is 1. The molecule has 1 N–H and O–H groups in total. The zero-order chi connectivity index (χ0) is 22.3. The predicted octanol–water partition coefficient (Wildman–Crippen LogP) is 5.69. The van der Waals surface area contributed by atoms with Gasteiger partial charge >= 0.3 is 0 Å². The van der Waals surface area contributed by atoms with Gasteiger partial charge in [0, 0.05) is 47.9 Å². The molecule has 32 heavy (non-hydrogen) atoms. The van der Waals surface area contributed by atoms with Crippen LogP contribution in [0.3, 0.4) is 0 Å². The molecule has 6 heteroatoms. The summed E-state index contributed by atoms with van der Waals surface area (Å²) in [5.41, 5.74) is 4.68. The number of carbonyl (C=O) groups excluding carboxylic acids is 1. The number of benzene rings is 2. The standard InChI is InChI=1S/C26H27N5O/c1-19-5-7-21(8-6-19)24-13-14-28-26(30-24)29-23-11-9-22(10-12-23)25(32)20(2)4-3-16-31-17-15-27-18-31/h5-15,17-18,20H,3-4,16H2,1-2H3,(H,28,29,30). The fourth-order valence-electron chi connectivity index (χ4n) is 3.57. The third-order valence-electron chi connectivity index (χ3n) is 5.49. The van der Waals surface area contributed by atoms with Gasteiger partial charge in [0.15, 0.2) is 5.78 Å². The first-order valence-electron chi connectivity index (χ1n) is 10.9. The van der Waals surface area contributed by atoms with Gasteiger partial charge in [-0.25, -0.2) is 15.0 Å². The maximum Gasteiger partial charge on any atom is 0.227 e. The highest BCUT2D eigenvalue weighted by Gasteiger charge is 2.15. The first-order chi connectivity index (χ1) is 15.6. The highest BCUT2D eigenvalue weighted by Crippen LogP contribution is 2.21. The van der Waals surface area contributed by atoms with Crippen molar-refractivity contribution >= 4 is 17.4 Å². The van der Waals surface area contributed by atoms with Crippen LogP contribution in [0, 0.1) is 12.8 Å². The van der Waals surface area contributed by atoms with Crippen LogP contribution in [0.1, 0.15) is 35.7 Å². The average Bonchev–Trinajstić information content (AvgIpc) is 3.33. The molecule has 162 valence electrons. The molecule has 6 nitrogen and oxygen atoms in total. The number of Topliss-reactive ketones (excluding diaryl/α,β-unsaturated/α-hetero) is 1. The lowest BCUT2D eigenvalue weighted by molar-refractivity contribution is 0.0922. The smallest absolute Gasteiger partial charge is 0.227 e. The monoisotopic (exact) mass is 425 g/mol. The molecule has 0 amide bonds. The molecule has 2 aromatic carbocycles. The largest absolute Gasteiger partial charge is 0.337 e. The Balaban J connectivity index is 1.35. The lowest BCUT2D eigenvalue weighted by Crippen LogP contribution is -2.12. The maximum atomic E-state index is 12.8. The highest BCUT2D eigenvalue weighted by atomic mass is 16.1. The van der Waals surface area contributed by atoms with Gasteiger partial charge in [-0.3, -0.25) is 4.79 Å². The molecule has 0 saturated heterocycles. The maximum absolute atomic E-state index is 12.8. The Morgan fingerprint density at radius 1 is 1.03 bits per heavy atom. The Morgan fingerprint density at radius 2 is 1.81 bits per heavy atom. The number of carbonyl (C=O) groups is 1. The van der Waals surface area contributed by atoms with Crippen LogP contribution in [0.2, 0.25) is 0 Å². The molecular formula is C26H27N5O. The van der Waals surface area contributed by atoms with Crippen molar-refractivity contribution in [3.63, 3.8) is 0 Å². The Kier molecular flexibility index (Phi) is 6.70. The third-order valence-corrected chi connectivity index (χ3v) is 5.49. The van der Waals surface area contributed by atoms with Crippen LogP contribution in [-0.4, -0.2) is 25.3 Å². The van der Waals surface area contributed by atoms with Gasteiger partial charge in [0.25, 0.3) is 0 Å². The van der Waals surface area contributed by atoms with Crippen LogP contribution in [0.25, 0.3) is 11.3 Å². The Morgan fingerprint density at radius 3 is 2.53 bits per heavy atom. The molecule has 0 aliphatic heterocycles. The molecule has 0 aliphatic carbocycles. The second kappa shape index (κ2) is 10.0. The average molecular weight is 426 g/mol. The van der Waals surface area contributed by atoms with Crippen LogP contribution >= 0.6 is 0 Å². The van der Waals surface area contributed by atoms with Crippen LogP contribution in [0.4, 0.5) is 11.6 Å². The first-order valence-corrected chi connectivity index (χ1v) is 10.9. The second-order valence-electron chi connectivity index (χ2n) is 8.04. The van der Waals surface area contributed by atoms with Crippen LogP contribution in [0.15, 0.2) is 79.5 Å². The van der Waals surface area contributed by atoms with E-state index in [-0.39, 0.29) is 11.7 Å². The summed E-state index contributed by atoms with van der Waals surface area (Å²) >= 11 is 0. The van der Waals surface area contributed by atoms with E-state index >= 15 is 0 Å². The van der Waals surface area contributed by atoms with E-state index in [0.29, 0.717) is 5.95 Å². The van der Waals surface area contributed by atoms with E-state index in [4.69, 9.17) is 0 Å². The summed E-state index contributed by atoms with van der Waals surface area (Å²) in [6, 6.07) is 17.7. The van der Waals surface area contributed by atoms with E-state index in [1.807, 2.05) is 48.0 Å². The molecule has 0 bridgehead atoms. The minimum Gasteiger partial charge on any atom is -0.337 e. The van der Waals surface area contributed by atoms with Gasteiger partial charge in [0.2, 0.25) is 5.95 Å². The van der Waals surface area contributed by atoms with Gasteiger partial charge < -0.3 is 9.88 Å². The number of hydrogen-bond acceptors (Lipinski definition) is 5. The molecule has 4 rings (SSSR count). The Labute approximate surface area is 188 Å². The quantitative estimate of drug-likeness (QED) is 0.349. The number of aryl methyl sites for hydroxylation is 2. The molecule has 0 aliphatic rings. The Hall–Kier alpha value is -3.80. The summed E-state index contributed by atoms with van der Waals surface area (Å²) in [5.74, 6) is 0.668. The van der Waals surface area contributed by atoms with Crippen molar-refractivity contribution in [3.8, 4) is 11.3 Å². The summed E-state index contributed by atoms with van der Waals surface area (Å²) in [6.07, 6.45) is 9.05. The highest BCUT2D eigenvalue weighted by molar-refractivity contribution is 5.97. The zero-order valence-corrected chi connectivity index (χ0v) is 18.4. The van der Waals surface area contributed by atoms with Crippen LogP contribution in [0.5, 0.6) is 0 Å². The van der Waals surface area contributed by atoms with E-state index in [2.05, 4.69) is 51.5 Å². The molecule has 0 fully saturated rings. The molecular weight excluding hydrogens is 398 g/mol. The summed E-state index contributed by atoms with van der Waals surface area (Å²) in [6.45, 7) is 4.93. The molecule has 4 aromatic rings. The van der Waals surface area contributed by atoms with Gasteiger partial charge in [0.05, 0.1) is 12.0 Å². The minimum absolute atomic E-state index is 0.0214. The number of imidazole rings is 1. The normalized spacial score (nSPS) is 11.8. The third kappa shape index (κ3) is 5.46. The summed E-state index contributed by atoms with van der Waals surface area (Å²) < 4.78 is 2.04. The van der Waals surface area contributed by atoms with Crippen molar-refractivity contribution in [1.29, 1.82) is 0 Å². The van der Waals surface area contributed by atoms with Crippen LogP contribution < -0.4 is 5.32 Å². The molecule has 2 heterocycles. The van der Waals surface area contributed by atoms with Crippen LogP contribution in [-0.2, 0) is 6.54 Å². The fraction of sp³-hybridized carbons (Fsp3) is 0.231. The lowest BCUT2D eigenvalue weighted by Gasteiger charge is -2.12. The van der Waals surface area contributed by atoms with E-state index in [9.17, 15) is 4.79 Å². The topological polar surface area (TPSA) is 72.7 Å². The number of ketones is 1. The number of hydrogen-bond donors (Lipinski definition) is 1. The number of rotatable bonds is 9. The van der Waals surface area contributed by atoms with Crippen molar-refractivity contribution < 1.29 is 4.79 Å². The molecule has 2 aromatic heterocycles. The first kappa shape index (κ1) is 21.4. The van der Waals surface area contributed by atoms with E-state index < -0.39 is 0 Å². The zero-order valence-electron chi connectivity index (χ0n) is 18.4.